The van der Waals surface area contributed by atoms with E-state index in [1.165, 1.54) is 0 Å². The van der Waals surface area contributed by atoms with Crippen LogP contribution in [0.4, 0.5) is 0 Å². The van der Waals surface area contributed by atoms with Crippen LogP contribution in [-0.2, 0) is 4.79 Å². The highest BCUT2D eigenvalue weighted by Gasteiger charge is 2.15. The number of nitrogens with zero attached hydrogens (tertiary/aromatic N) is 1. The van der Waals surface area contributed by atoms with E-state index in [-0.39, 0.29) is 0 Å². The zero-order chi connectivity index (χ0) is 10.7. The van der Waals surface area contributed by atoms with Gasteiger partial charge in [0.05, 0.1) is 0 Å². The Morgan fingerprint density at radius 2 is 2.00 bits per heavy atom. The fourth-order valence-corrected chi connectivity index (χ4v) is 1.35. The minimum absolute atomic E-state index is 0.528. The number of aliphatic carboxylic acids is 1. The van der Waals surface area contributed by atoms with Crippen LogP contribution in [-0.4, -0.2) is 21.8 Å². The lowest BCUT2D eigenvalue weighted by atomic mass is 10.2. The fraction of sp³-hybridized carbons (Fsp3) is 0.500. The van der Waals surface area contributed by atoms with Crippen molar-refractivity contribution in [3.8, 4) is 0 Å². The smallest absolute Gasteiger partial charge is 0.327 e. The maximum Gasteiger partial charge on any atom is 0.327 e. The number of aromatic nitrogens is 1. The van der Waals surface area contributed by atoms with Crippen LogP contribution in [0.3, 0.4) is 0 Å². The predicted molar refractivity (Wildman–Crippen MR) is 55.0 cm³/mol. The summed E-state index contributed by atoms with van der Waals surface area (Å²) < 4.78 is 1.81. The minimum atomic E-state index is -0.819. The van der Waals surface area contributed by atoms with Gasteiger partial charge in [0, 0.05) is 11.4 Å². The third-order valence-electron chi connectivity index (χ3n) is 2.26. The van der Waals surface area contributed by atoms with Crippen molar-refractivity contribution < 1.29 is 9.90 Å². The van der Waals surface area contributed by atoms with E-state index in [4.69, 9.17) is 5.11 Å². The molecule has 0 aliphatic heterocycles. The summed E-state index contributed by atoms with van der Waals surface area (Å²) in [5.74, 6) is -0.819. The van der Waals surface area contributed by atoms with Gasteiger partial charge in [0.25, 0.3) is 0 Å². The molecule has 0 spiro atoms. The Labute approximate surface area is 83.5 Å². The first kappa shape index (κ1) is 10.6. The molecule has 14 heavy (non-hydrogen) atoms. The normalized spacial score (nSPS) is 12.5. The van der Waals surface area contributed by atoms with E-state index in [1.807, 2.05) is 37.6 Å². The standard InChI is InChI=1S/C10H16N2O2/c1-4-9(10(13)14)11-12-7(2)5-6-8(12)3/h5-6,9,11H,4H2,1-3H3,(H,13,14). The Balaban J connectivity index is 2.81. The molecule has 1 unspecified atom stereocenters. The van der Waals surface area contributed by atoms with Crippen molar-refractivity contribution in [1.29, 1.82) is 0 Å². The molecule has 0 radical (unpaired) electrons. The number of nitrogens with one attached hydrogen (secondary N) is 1. The summed E-state index contributed by atoms with van der Waals surface area (Å²) in [4.78, 5) is 10.8. The number of carbonyl (C=O) groups is 1. The minimum Gasteiger partial charge on any atom is -0.480 e. The van der Waals surface area contributed by atoms with Gasteiger partial charge in [-0.1, -0.05) is 6.92 Å². The number of carboxylic acids is 1. The molecule has 1 rings (SSSR count). The highest BCUT2D eigenvalue weighted by molar-refractivity contribution is 5.74. The molecule has 0 fully saturated rings. The second-order valence-corrected chi connectivity index (χ2v) is 3.38. The Kier molecular flexibility index (Phi) is 3.17. The van der Waals surface area contributed by atoms with Crippen LogP contribution in [0.1, 0.15) is 24.7 Å². The highest BCUT2D eigenvalue weighted by Crippen LogP contribution is 2.06. The maximum absolute atomic E-state index is 10.8. The number of aryl methyl sites for hydroxylation is 2. The molecule has 0 aliphatic carbocycles. The maximum atomic E-state index is 10.8. The number of carboxylic acid groups (broad SMARTS) is 1. The third kappa shape index (κ3) is 2.07. The lowest BCUT2D eigenvalue weighted by Gasteiger charge is -2.18. The van der Waals surface area contributed by atoms with Gasteiger partial charge in [0.15, 0.2) is 0 Å². The molecule has 0 saturated carbocycles. The topological polar surface area (TPSA) is 54.3 Å². The van der Waals surface area contributed by atoms with Gasteiger partial charge in [0.1, 0.15) is 6.04 Å². The van der Waals surface area contributed by atoms with Gasteiger partial charge in [-0.25, -0.2) is 4.79 Å². The molecule has 1 heterocycles. The van der Waals surface area contributed by atoms with Crippen LogP contribution in [0.2, 0.25) is 0 Å². The molecule has 0 amide bonds. The summed E-state index contributed by atoms with van der Waals surface area (Å²) in [5, 5.41) is 8.88. The molecule has 4 nitrogen and oxygen atoms in total. The molecule has 1 aromatic rings. The lowest BCUT2D eigenvalue weighted by molar-refractivity contribution is -0.138. The van der Waals surface area contributed by atoms with Crippen molar-refractivity contribution >= 4 is 5.97 Å². The van der Waals surface area contributed by atoms with Crippen LogP contribution >= 0.6 is 0 Å². The van der Waals surface area contributed by atoms with E-state index in [1.54, 1.807) is 0 Å². The second kappa shape index (κ2) is 4.17. The van der Waals surface area contributed by atoms with Gasteiger partial charge < -0.3 is 10.5 Å². The Morgan fingerprint density at radius 1 is 1.50 bits per heavy atom. The van der Waals surface area contributed by atoms with E-state index < -0.39 is 12.0 Å². The lowest BCUT2D eigenvalue weighted by Crippen LogP contribution is -2.35. The molecule has 0 aliphatic rings. The molecule has 0 bridgehead atoms. The van der Waals surface area contributed by atoms with Crippen molar-refractivity contribution in [2.75, 3.05) is 5.43 Å². The van der Waals surface area contributed by atoms with E-state index >= 15 is 0 Å². The quantitative estimate of drug-likeness (QED) is 0.767. The van der Waals surface area contributed by atoms with Crippen molar-refractivity contribution in [2.24, 2.45) is 0 Å². The van der Waals surface area contributed by atoms with E-state index in [9.17, 15) is 4.79 Å². The molecule has 78 valence electrons. The highest BCUT2D eigenvalue weighted by atomic mass is 16.4. The molecule has 4 heteroatoms. The van der Waals surface area contributed by atoms with Crippen LogP contribution in [0.5, 0.6) is 0 Å². The van der Waals surface area contributed by atoms with Gasteiger partial charge in [0.2, 0.25) is 0 Å². The van der Waals surface area contributed by atoms with Crippen LogP contribution < -0.4 is 5.43 Å². The van der Waals surface area contributed by atoms with E-state index in [0.29, 0.717) is 6.42 Å². The molecule has 1 aromatic heterocycles. The first-order valence-corrected chi connectivity index (χ1v) is 4.70. The van der Waals surface area contributed by atoms with Gasteiger partial charge >= 0.3 is 5.97 Å². The van der Waals surface area contributed by atoms with Gasteiger partial charge in [-0.3, -0.25) is 4.68 Å². The Morgan fingerprint density at radius 3 is 2.36 bits per heavy atom. The molecule has 2 N–H and O–H groups in total. The van der Waals surface area contributed by atoms with E-state index in [2.05, 4.69) is 5.43 Å². The predicted octanol–water partition coefficient (Wildman–Crippen LogP) is 1.51. The van der Waals surface area contributed by atoms with E-state index in [0.717, 1.165) is 11.4 Å². The third-order valence-corrected chi connectivity index (χ3v) is 2.26. The second-order valence-electron chi connectivity index (χ2n) is 3.38. The fourth-order valence-electron chi connectivity index (χ4n) is 1.35. The van der Waals surface area contributed by atoms with Gasteiger partial charge in [-0.05, 0) is 32.4 Å². The Hall–Kier alpha value is -1.45. The average molecular weight is 196 g/mol. The molecule has 1 atom stereocenters. The molecule has 0 aromatic carbocycles. The van der Waals surface area contributed by atoms with Gasteiger partial charge in [-0.2, -0.15) is 0 Å². The summed E-state index contributed by atoms with van der Waals surface area (Å²) in [5.41, 5.74) is 4.99. The monoisotopic (exact) mass is 196 g/mol. The SMILES string of the molecule is CCC(Nn1c(C)ccc1C)C(=O)O. The van der Waals surface area contributed by atoms with Gasteiger partial charge in [-0.15, -0.1) is 0 Å². The zero-order valence-electron chi connectivity index (χ0n) is 8.74. The van der Waals surface area contributed by atoms with Crippen molar-refractivity contribution in [1.82, 2.24) is 4.68 Å². The number of hydrogen-bond donors (Lipinski definition) is 2. The van der Waals surface area contributed by atoms with Crippen molar-refractivity contribution in [2.45, 2.75) is 33.2 Å². The van der Waals surface area contributed by atoms with Crippen molar-refractivity contribution in [3.05, 3.63) is 23.5 Å². The molecule has 0 saturated heterocycles. The average Bonchev–Trinajstić information content (AvgIpc) is 2.43. The number of hydrogen-bond acceptors (Lipinski definition) is 2. The van der Waals surface area contributed by atoms with Crippen LogP contribution in [0, 0.1) is 13.8 Å². The number of rotatable bonds is 4. The summed E-state index contributed by atoms with van der Waals surface area (Å²) in [6.45, 7) is 5.73. The first-order chi connectivity index (χ1) is 6.56. The largest absolute Gasteiger partial charge is 0.480 e. The first-order valence-electron chi connectivity index (χ1n) is 4.70. The van der Waals surface area contributed by atoms with Crippen LogP contribution in [0.15, 0.2) is 12.1 Å². The molecular formula is C10H16N2O2. The molecular weight excluding hydrogens is 180 g/mol. The summed E-state index contributed by atoms with van der Waals surface area (Å²) in [7, 11) is 0. The summed E-state index contributed by atoms with van der Waals surface area (Å²) >= 11 is 0. The van der Waals surface area contributed by atoms with Crippen molar-refractivity contribution in [3.63, 3.8) is 0 Å². The Bertz CT molecular complexity index is 311. The summed E-state index contributed by atoms with van der Waals surface area (Å²) in [6, 6.07) is 3.38. The summed E-state index contributed by atoms with van der Waals surface area (Å²) in [6.07, 6.45) is 0.562. The van der Waals surface area contributed by atoms with Crippen LogP contribution in [0.25, 0.3) is 0 Å². The zero-order valence-corrected chi connectivity index (χ0v) is 8.74.